The van der Waals surface area contributed by atoms with Crippen molar-refractivity contribution >= 4 is 22.4 Å². The number of aromatic nitrogens is 3. The van der Waals surface area contributed by atoms with Gasteiger partial charge in [-0.25, -0.2) is 8.42 Å². The minimum absolute atomic E-state index is 0. The summed E-state index contributed by atoms with van der Waals surface area (Å²) in [7, 11) is -1.89. The number of sulfonamides is 1. The molecule has 0 unspecified atom stereocenters. The zero-order valence-electron chi connectivity index (χ0n) is 15.9. The van der Waals surface area contributed by atoms with Crippen LogP contribution in [0.4, 0.5) is 0 Å². The Bertz CT molecular complexity index is 910. The summed E-state index contributed by atoms with van der Waals surface area (Å²) in [5.74, 6) is 2.24. The molecule has 8 nitrogen and oxygen atoms in total. The van der Waals surface area contributed by atoms with E-state index in [4.69, 9.17) is 4.74 Å². The Labute approximate surface area is 171 Å². The van der Waals surface area contributed by atoms with E-state index in [9.17, 15) is 8.42 Å². The Morgan fingerprint density at radius 2 is 2.00 bits per heavy atom. The molecule has 1 saturated heterocycles. The van der Waals surface area contributed by atoms with Crippen LogP contribution in [0.1, 0.15) is 36.0 Å². The Morgan fingerprint density at radius 3 is 2.75 bits per heavy atom. The molecule has 1 fully saturated rings. The summed E-state index contributed by atoms with van der Waals surface area (Å²) in [6, 6.07) is 7.00. The number of nitrogens with one attached hydrogen (secondary N) is 1. The van der Waals surface area contributed by atoms with Gasteiger partial charge in [0, 0.05) is 39.2 Å². The highest BCUT2D eigenvalue weighted by Gasteiger charge is 2.32. The third kappa shape index (κ3) is 4.08. The van der Waals surface area contributed by atoms with Crippen LogP contribution in [-0.2, 0) is 34.5 Å². The van der Waals surface area contributed by atoms with E-state index in [1.165, 1.54) is 0 Å². The number of halogens is 1. The van der Waals surface area contributed by atoms with Gasteiger partial charge in [-0.3, -0.25) is 0 Å². The number of benzene rings is 1. The van der Waals surface area contributed by atoms with Gasteiger partial charge in [-0.1, -0.05) is 12.1 Å². The largest absolute Gasteiger partial charge is 0.380 e. The molecule has 1 aromatic heterocycles. The highest BCUT2D eigenvalue weighted by molar-refractivity contribution is 7.89. The van der Waals surface area contributed by atoms with Gasteiger partial charge >= 0.3 is 0 Å². The Balaban J connectivity index is 0.00000225. The molecule has 4 rings (SSSR count). The quantitative estimate of drug-likeness (QED) is 0.778. The van der Waals surface area contributed by atoms with E-state index in [0.717, 1.165) is 49.7 Å². The van der Waals surface area contributed by atoms with Gasteiger partial charge in [-0.15, -0.1) is 22.6 Å². The molecule has 0 aliphatic carbocycles. The number of methoxy groups -OCH3 is 1. The lowest BCUT2D eigenvalue weighted by atomic mass is 9.97. The maximum Gasteiger partial charge on any atom is 0.243 e. The number of piperidine rings is 1. The summed E-state index contributed by atoms with van der Waals surface area (Å²) in [6.45, 7) is 3.95. The number of fused-ring (bicyclic) bond motifs is 1. The van der Waals surface area contributed by atoms with Crippen LogP contribution in [0, 0.1) is 0 Å². The van der Waals surface area contributed by atoms with Gasteiger partial charge in [-0.05, 0) is 30.5 Å². The normalized spacial score (nSPS) is 18.5. The van der Waals surface area contributed by atoms with Crippen LogP contribution in [0.3, 0.4) is 0 Å². The second-order valence-corrected chi connectivity index (χ2v) is 9.00. The number of hydrogen-bond acceptors (Lipinski definition) is 6. The fourth-order valence-electron chi connectivity index (χ4n) is 3.88. The second kappa shape index (κ2) is 8.87. The molecule has 0 atom stereocenters. The van der Waals surface area contributed by atoms with Crippen LogP contribution >= 0.6 is 12.4 Å². The Morgan fingerprint density at radius 1 is 1.21 bits per heavy atom. The molecule has 1 N–H and O–H groups in total. The summed E-state index contributed by atoms with van der Waals surface area (Å²) >= 11 is 0. The smallest absolute Gasteiger partial charge is 0.243 e. The zero-order valence-corrected chi connectivity index (χ0v) is 17.5. The maximum absolute atomic E-state index is 13.0. The lowest BCUT2D eigenvalue weighted by molar-refractivity contribution is 0.184. The average molecular weight is 428 g/mol. The molecule has 154 valence electrons. The first-order chi connectivity index (χ1) is 13.1. The van der Waals surface area contributed by atoms with Crippen molar-refractivity contribution in [3.63, 3.8) is 0 Å². The molecule has 0 spiro atoms. The molecule has 0 saturated carbocycles. The van der Waals surface area contributed by atoms with Crippen LogP contribution in [0.15, 0.2) is 29.2 Å². The summed E-state index contributed by atoms with van der Waals surface area (Å²) in [5, 5.41) is 12.0. The Hall–Kier alpha value is -1.52. The van der Waals surface area contributed by atoms with Gasteiger partial charge in [0.2, 0.25) is 10.0 Å². The SMILES string of the molecule is COCc1cccc(S(=O)(=O)N2CCC(c3nnc4n3CCNC4)CC2)c1.Cl. The van der Waals surface area contributed by atoms with E-state index in [1.54, 1.807) is 29.6 Å². The third-order valence-electron chi connectivity index (χ3n) is 5.32. The average Bonchev–Trinajstić information content (AvgIpc) is 3.13. The monoisotopic (exact) mass is 427 g/mol. The first kappa shape index (κ1) is 21.2. The fourth-order valence-corrected chi connectivity index (χ4v) is 5.42. The molecule has 1 aromatic carbocycles. The van der Waals surface area contributed by atoms with Crippen molar-refractivity contribution in [2.45, 2.75) is 43.4 Å². The van der Waals surface area contributed by atoms with Crippen molar-refractivity contribution in [3.05, 3.63) is 41.5 Å². The topological polar surface area (TPSA) is 89.4 Å². The van der Waals surface area contributed by atoms with E-state index in [0.29, 0.717) is 24.6 Å². The number of hydrogen-bond donors (Lipinski definition) is 1. The minimum atomic E-state index is -3.49. The molecule has 0 amide bonds. The number of ether oxygens (including phenoxy) is 1. The van der Waals surface area contributed by atoms with Gasteiger partial charge < -0.3 is 14.6 Å². The van der Waals surface area contributed by atoms with Crippen molar-refractivity contribution in [1.29, 1.82) is 0 Å². The van der Waals surface area contributed by atoms with Crippen molar-refractivity contribution in [3.8, 4) is 0 Å². The molecule has 0 bridgehead atoms. The fraction of sp³-hybridized carbons (Fsp3) is 0.556. The second-order valence-electron chi connectivity index (χ2n) is 7.06. The zero-order chi connectivity index (χ0) is 18.9. The minimum Gasteiger partial charge on any atom is -0.380 e. The highest BCUT2D eigenvalue weighted by atomic mass is 35.5. The first-order valence-corrected chi connectivity index (χ1v) is 10.7. The van der Waals surface area contributed by atoms with Gasteiger partial charge in [-0.2, -0.15) is 4.31 Å². The third-order valence-corrected chi connectivity index (χ3v) is 7.21. The number of rotatable bonds is 5. The summed E-state index contributed by atoms with van der Waals surface area (Å²) in [6.07, 6.45) is 1.53. The summed E-state index contributed by atoms with van der Waals surface area (Å²) in [4.78, 5) is 0.335. The summed E-state index contributed by atoms with van der Waals surface area (Å²) in [5.41, 5.74) is 0.858. The molecular weight excluding hydrogens is 402 g/mol. The van der Waals surface area contributed by atoms with Crippen molar-refractivity contribution in [2.75, 3.05) is 26.7 Å². The van der Waals surface area contributed by atoms with Crippen molar-refractivity contribution in [1.82, 2.24) is 24.4 Å². The van der Waals surface area contributed by atoms with E-state index in [2.05, 4.69) is 20.1 Å². The van der Waals surface area contributed by atoms with Crippen LogP contribution < -0.4 is 5.32 Å². The molecule has 2 aliphatic heterocycles. The maximum atomic E-state index is 13.0. The summed E-state index contributed by atoms with van der Waals surface area (Å²) < 4.78 is 34.9. The van der Waals surface area contributed by atoms with Crippen LogP contribution in [0.25, 0.3) is 0 Å². The molecule has 10 heteroatoms. The van der Waals surface area contributed by atoms with E-state index in [-0.39, 0.29) is 18.3 Å². The van der Waals surface area contributed by atoms with Crippen LogP contribution in [0.5, 0.6) is 0 Å². The molecule has 2 aliphatic rings. The van der Waals surface area contributed by atoms with Crippen molar-refractivity contribution < 1.29 is 13.2 Å². The van der Waals surface area contributed by atoms with Crippen molar-refractivity contribution in [2.24, 2.45) is 0 Å². The lowest BCUT2D eigenvalue weighted by Crippen LogP contribution is -2.38. The molecule has 28 heavy (non-hydrogen) atoms. The molecule has 0 radical (unpaired) electrons. The van der Waals surface area contributed by atoms with E-state index in [1.807, 2.05) is 6.07 Å². The lowest BCUT2D eigenvalue weighted by Gasteiger charge is -2.31. The standard InChI is InChI=1S/C18H25N5O3S.ClH/c1-26-13-14-3-2-4-16(11-14)27(24,25)22-8-5-15(6-9-22)18-21-20-17-12-19-7-10-23(17)18;/h2-4,11,15,19H,5-10,12-13H2,1H3;1H. The first-order valence-electron chi connectivity index (χ1n) is 9.30. The van der Waals surface area contributed by atoms with Gasteiger partial charge in [0.05, 0.1) is 18.0 Å². The van der Waals surface area contributed by atoms with Crippen LogP contribution in [-0.4, -0.2) is 54.2 Å². The number of nitrogens with zero attached hydrogens (tertiary/aromatic N) is 4. The van der Waals surface area contributed by atoms with E-state index >= 15 is 0 Å². The Kier molecular flexibility index (Phi) is 6.72. The van der Waals surface area contributed by atoms with Crippen LogP contribution in [0.2, 0.25) is 0 Å². The van der Waals surface area contributed by atoms with Gasteiger partial charge in [0.25, 0.3) is 0 Å². The predicted octanol–water partition coefficient (Wildman–Crippen LogP) is 1.52. The predicted molar refractivity (Wildman–Crippen MR) is 107 cm³/mol. The highest BCUT2D eigenvalue weighted by Crippen LogP contribution is 2.30. The molecular formula is C18H26ClN5O3S. The molecule has 2 aromatic rings. The van der Waals surface area contributed by atoms with Gasteiger partial charge in [0.1, 0.15) is 11.6 Å². The van der Waals surface area contributed by atoms with E-state index < -0.39 is 10.0 Å². The molecule has 3 heterocycles. The van der Waals surface area contributed by atoms with Gasteiger partial charge in [0.15, 0.2) is 0 Å².